The summed E-state index contributed by atoms with van der Waals surface area (Å²) in [6, 6.07) is 18.5. The van der Waals surface area contributed by atoms with E-state index in [0.717, 1.165) is 44.2 Å². The van der Waals surface area contributed by atoms with Crippen molar-refractivity contribution in [2.45, 2.75) is 38.3 Å². The summed E-state index contributed by atoms with van der Waals surface area (Å²) in [7, 11) is 0. The molecule has 3 aromatic rings. The Morgan fingerprint density at radius 1 is 0.765 bits per heavy atom. The zero-order chi connectivity index (χ0) is 24.1. The standard InChI is InChI=1S/C27H25F3N2O2/c28-27(29,30)21-12-6-10-19(16-21)20-11-7-13-22(17-20)31-26(34)23-14-4-5-15-24(23)32-25(33)18-8-2-1-3-9-18/h4-7,10-18H,1-3,8-9H2,(H,31,34)(H,32,33). The highest BCUT2D eigenvalue weighted by atomic mass is 19.4. The molecule has 0 atom stereocenters. The average molecular weight is 467 g/mol. The number of carbonyl (C=O) groups is 2. The largest absolute Gasteiger partial charge is 0.416 e. The highest BCUT2D eigenvalue weighted by Gasteiger charge is 2.30. The molecule has 2 amide bonds. The normalized spacial score (nSPS) is 14.4. The van der Waals surface area contributed by atoms with Gasteiger partial charge < -0.3 is 10.6 Å². The molecule has 176 valence electrons. The third kappa shape index (κ3) is 5.65. The molecule has 4 nitrogen and oxygen atoms in total. The van der Waals surface area contributed by atoms with Crippen LogP contribution in [0.2, 0.25) is 0 Å². The van der Waals surface area contributed by atoms with Gasteiger partial charge in [-0.25, -0.2) is 0 Å². The maximum Gasteiger partial charge on any atom is 0.416 e. The van der Waals surface area contributed by atoms with E-state index >= 15 is 0 Å². The summed E-state index contributed by atoms with van der Waals surface area (Å²) in [5.74, 6) is -0.541. The van der Waals surface area contributed by atoms with Gasteiger partial charge in [0.25, 0.3) is 5.91 Å². The van der Waals surface area contributed by atoms with Gasteiger partial charge in [0.1, 0.15) is 0 Å². The van der Waals surface area contributed by atoms with Crippen LogP contribution in [0, 0.1) is 5.92 Å². The summed E-state index contributed by atoms with van der Waals surface area (Å²) >= 11 is 0. The van der Waals surface area contributed by atoms with Crippen LogP contribution < -0.4 is 10.6 Å². The van der Waals surface area contributed by atoms with Gasteiger partial charge in [-0.15, -0.1) is 0 Å². The number of halogens is 3. The van der Waals surface area contributed by atoms with Crippen molar-refractivity contribution in [2.24, 2.45) is 5.92 Å². The van der Waals surface area contributed by atoms with Gasteiger partial charge in [0, 0.05) is 11.6 Å². The fraction of sp³-hybridized carbons (Fsp3) is 0.259. The first-order valence-electron chi connectivity index (χ1n) is 11.3. The van der Waals surface area contributed by atoms with Gasteiger partial charge in [-0.05, 0) is 60.4 Å². The van der Waals surface area contributed by atoms with E-state index < -0.39 is 17.6 Å². The molecule has 0 saturated heterocycles. The average Bonchev–Trinajstić information content (AvgIpc) is 2.84. The molecule has 4 rings (SSSR count). The first-order valence-corrected chi connectivity index (χ1v) is 11.3. The minimum Gasteiger partial charge on any atom is -0.325 e. The zero-order valence-corrected chi connectivity index (χ0v) is 18.5. The Labute approximate surface area is 196 Å². The van der Waals surface area contributed by atoms with Crippen LogP contribution in [0.4, 0.5) is 24.5 Å². The number of alkyl halides is 3. The number of para-hydroxylation sites is 1. The second-order valence-electron chi connectivity index (χ2n) is 8.48. The Morgan fingerprint density at radius 2 is 1.44 bits per heavy atom. The Kier molecular flexibility index (Phi) is 7.01. The van der Waals surface area contributed by atoms with Crippen molar-refractivity contribution in [1.29, 1.82) is 0 Å². The van der Waals surface area contributed by atoms with Crippen LogP contribution in [0.15, 0.2) is 72.8 Å². The van der Waals surface area contributed by atoms with E-state index in [1.165, 1.54) is 6.07 Å². The first-order chi connectivity index (χ1) is 16.3. The third-order valence-electron chi connectivity index (χ3n) is 6.05. The Morgan fingerprint density at radius 3 is 2.18 bits per heavy atom. The van der Waals surface area contributed by atoms with Gasteiger partial charge in [0.2, 0.25) is 5.91 Å². The van der Waals surface area contributed by atoms with E-state index in [0.29, 0.717) is 28.1 Å². The van der Waals surface area contributed by atoms with E-state index in [9.17, 15) is 22.8 Å². The zero-order valence-electron chi connectivity index (χ0n) is 18.5. The van der Waals surface area contributed by atoms with Crippen molar-refractivity contribution in [1.82, 2.24) is 0 Å². The molecule has 34 heavy (non-hydrogen) atoms. The fourth-order valence-corrected chi connectivity index (χ4v) is 4.24. The second kappa shape index (κ2) is 10.1. The number of carbonyl (C=O) groups excluding carboxylic acids is 2. The van der Waals surface area contributed by atoms with E-state index in [-0.39, 0.29) is 11.8 Å². The molecule has 2 N–H and O–H groups in total. The van der Waals surface area contributed by atoms with Crippen molar-refractivity contribution in [3.63, 3.8) is 0 Å². The lowest BCUT2D eigenvalue weighted by Gasteiger charge is -2.21. The SMILES string of the molecule is O=C(Nc1cccc(-c2cccc(C(F)(F)F)c2)c1)c1ccccc1NC(=O)C1CCCCC1. The van der Waals surface area contributed by atoms with Crippen LogP contribution in [0.25, 0.3) is 11.1 Å². The van der Waals surface area contributed by atoms with E-state index in [2.05, 4.69) is 10.6 Å². The molecule has 1 saturated carbocycles. The van der Waals surface area contributed by atoms with E-state index in [4.69, 9.17) is 0 Å². The predicted molar refractivity (Wildman–Crippen MR) is 126 cm³/mol. The van der Waals surface area contributed by atoms with E-state index in [1.807, 2.05) is 0 Å². The molecular weight excluding hydrogens is 441 g/mol. The third-order valence-corrected chi connectivity index (χ3v) is 6.05. The molecule has 3 aromatic carbocycles. The number of rotatable bonds is 5. The fourth-order valence-electron chi connectivity index (χ4n) is 4.24. The molecule has 0 radical (unpaired) electrons. The lowest BCUT2D eigenvalue weighted by Crippen LogP contribution is -2.26. The summed E-state index contributed by atoms with van der Waals surface area (Å²) < 4.78 is 39.2. The maximum absolute atomic E-state index is 13.1. The smallest absolute Gasteiger partial charge is 0.325 e. The molecule has 0 spiro atoms. The Balaban J connectivity index is 1.51. The van der Waals surface area contributed by atoms with Gasteiger partial charge >= 0.3 is 6.18 Å². The predicted octanol–water partition coefficient (Wildman–Crippen LogP) is 7.14. The lowest BCUT2D eigenvalue weighted by atomic mass is 9.88. The molecule has 0 aromatic heterocycles. The monoisotopic (exact) mass is 466 g/mol. The van der Waals surface area contributed by atoms with Gasteiger partial charge in [-0.3, -0.25) is 9.59 Å². The van der Waals surface area contributed by atoms with Gasteiger partial charge in [0.15, 0.2) is 0 Å². The summed E-state index contributed by atoms with van der Waals surface area (Å²) in [5.41, 5.74) is 1.39. The quantitative estimate of drug-likeness (QED) is 0.420. The number of hydrogen-bond donors (Lipinski definition) is 2. The molecular formula is C27H25F3N2O2. The summed E-state index contributed by atoms with van der Waals surface area (Å²) in [4.78, 5) is 25.7. The summed E-state index contributed by atoms with van der Waals surface area (Å²) in [6.07, 6.45) is 0.464. The van der Waals surface area contributed by atoms with Crippen LogP contribution in [-0.4, -0.2) is 11.8 Å². The topological polar surface area (TPSA) is 58.2 Å². The van der Waals surface area contributed by atoms with Crippen LogP contribution >= 0.6 is 0 Å². The molecule has 0 aliphatic heterocycles. The van der Waals surface area contributed by atoms with Crippen LogP contribution in [-0.2, 0) is 11.0 Å². The van der Waals surface area contributed by atoms with Gasteiger partial charge in [0.05, 0.1) is 16.8 Å². The molecule has 1 aliphatic carbocycles. The molecule has 1 aliphatic rings. The number of amides is 2. The van der Waals surface area contributed by atoms with Crippen LogP contribution in [0.5, 0.6) is 0 Å². The Hall–Kier alpha value is -3.61. The minimum absolute atomic E-state index is 0.0472. The molecule has 0 unspecified atom stereocenters. The Bertz CT molecular complexity index is 1180. The summed E-state index contributed by atoms with van der Waals surface area (Å²) in [6.45, 7) is 0. The molecule has 1 fully saturated rings. The molecule has 0 bridgehead atoms. The van der Waals surface area contributed by atoms with Crippen molar-refractivity contribution in [3.8, 4) is 11.1 Å². The number of benzene rings is 3. The maximum atomic E-state index is 13.1. The van der Waals surface area contributed by atoms with Crippen molar-refractivity contribution < 1.29 is 22.8 Å². The van der Waals surface area contributed by atoms with Crippen molar-refractivity contribution in [2.75, 3.05) is 10.6 Å². The van der Waals surface area contributed by atoms with Gasteiger partial charge in [-0.1, -0.05) is 55.7 Å². The first kappa shape index (κ1) is 23.5. The lowest BCUT2D eigenvalue weighted by molar-refractivity contribution is -0.137. The van der Waals surface area contributed by atoms with Crippen molar-refractivity contribution >= 4 is 23.2 Å². The van der Waals surface area contributed by atoms with Crippen LogP contribution in [0.1, 0.15) is 48.0 Å². The highest BCUT2D eigenvalue weighted by molar-refractivity contribution is 6.10. The van der Waals surface area contributed by atoms with Crippen molar-refractivity contribution in [3.05, 3.63) is 83.9 Å². The van der Waals surface area contributed by atoms with Gasteiger partial charge in [-0.2, -0.15) is 13.2 Å². The minimum atomic E-state index is -4.44. The highest BCUT2D eigenvalue weighted by Crippen LogP contribution is 2.33. The molecule has 0 heterocycles. The number of anilines is 2. The summed E-state index contributed by atoms with van der Waals surface area (Å²) in [5, 5.41) is 5.69. The number of nitrogens with one attached hydrogen (secondary N) is 2. The molecule has 7 heteroatoms. The van der Waals surface area contributed by atoms with Crippen LogP contribution in [0.3, 0.4) is 0 Å². The second-order valence-corrected chi connectivity index (χ2v) is 8.48. The number of hydrogen-bond acceptors (Lipinski definition) is 2. The van der Waals surface area contributed by atoms with E-state index in [1.54, 1.807) is 54.6 Å².